The Labute approximate surface area is 124 Å². The summed E-state index contributed by atoms with van der Waals surface area (Å²) in [6.45, 7) is 2.07. The smallest absolute Gasteiger partial charge is 0.240 e. The lowest BCUT2D eigenvalue weighted by Gasteiger charge is -2.22. The maximum Gasteiger partial charge on any atom is 0.240 e. The van der Waals surface area contributed by atoms with Crippen LogP contribution in [0, 0.1) is 18.3 Å². The number of aryl methyl sites for hydroxylation is 1. The number of hydrogen-bond acceptors (Lipinski definition) is 3. The molecule has 1 amide bonds. The van der Waals surface area contributed by atoms with Crippen LogP contribution in [0.3, 0.4) is 0 Å². The number of nitrogens with one attached hydrogen (secondary N) is 2. The average Bonchev–Trinajstić information content (AvgIpc) is 2.89. The van der Waals surface area contributed by atoms with Crippen LogP contribution in [0.2, 0.25) is 5.02 Å². The van der Waals surface area contributed by atoms with Gasteiger partial charge in [-0.25, -0.2) is 0 Å². The number of anilines is 1. The first-order valence-electron chi connectivity index (χ1n) is 6.77. The zero-order valence-electron chi connectivity index (χ0n) is 11.5. The highest BCUT2D eigenvalue weighted by Gasteiger charge is 2.35. The molecule has 4 nitrogen and oxygen atoms in total. The Morgan fingerprint density at radius 2 is 2.15 bits per heavy atom. The maximum absolute atomic E-state index is 11.9. The highest BCUT2D eigenvalue weighted by Crippen LogP contribution is 2.28. The van der Waals surface area contributed by atoms with Crippen LogP contribution >= 0.6 is 11.6 Å². The van der Waals surface area contributed by atoms with E-state index in [1.807, 2.05) is 19.1 Å². The molecule has 106 valence electrons. The number of halogens is 1. The molecule has 1 fully saturated rings. The van der Waals surface area contributed by atoms with Crippen molar-refractivity contribution in [2.24, 2.45) is 0 Å². The molecule has 0 unspecified atom stereocenters. The highest BCUT2D eigenvalue weighted by molar-refractivity contribution is 6.31. The number of nitriles is 1. The number of amides is 1. The van der Waals surface area contributed by atoms with Crippen molar-refractivity contribution >= 4 is 23.2 Å². The van der Waals surface area contributed by atoms with E-state index in [4.69, 9.17) is 11.6 Å². The van der Waals surface area contributed by atoms with Crippen LogP contribution in [0.5, 0.6) is 0 Å². The van der Waals surface area contributed by atoms with Gasteiger partial charge in [0.05, 0.1) is 12.6 Å². The van der Waals surface area contributed by atoms with E-state index in [0.717, 1.165) is 36.9 Å². The minimum absolute atomic E-state index is 0.142. The molecule has 1 aliphatic rings. The van der Waals surface area contributed by atoms with Gasteiger partial charge < -0.3 is 10.6 Å². The lowest BCUT2D eigenvalue weighted by atomic mass is 10.00. The van der Waals surface area contributed by atoms with Crippen molar-refractivity contribution in [2.75, 3.05) is 11.9 Å². The molecule has 0 saturated heterocycles. The molecule has 2 N–H and O–H groups in total. The number of rotatable bonds is 4. The fourth-order valence-electron chi connectivity index (χ4n) is 2.44. The molecule has 0 radical (unpaired) electrons. The summed E-state index contributed by atoms with van der Waals surface area (Å²) in [4.78, 5) is 11.9. The Balaban J connectivity index is 1.89. The molecule has 0 spiro atoms. The predicted octanol–water partition coefficient (Wildman–Crippen LogP) is 3.01. The molecule has 1 aromatic rings. The summed E-state index contributed by atoms with van der Waals surface area (Å²) in [5.74, 6) is -0.162. The first-order valence-corrected chi connectivity index (χ1v) is 7.15. The van der Waals surface area contributed by atoms with E-state index >= 15 is 0 Å². The first-order chi connectivity index (χ1) is 9.54. The largest absolute Gasteiger partial charge is 0.376 e. The predicted molar refractivity (Wildman–Crippen MR) is 79.6 cm³/mol. The minimum Gasteiger partial charge on any atom is -0.376 e. The van der Waals surface area contributed by atoms with Crippen LogP contribution in [0.4, 0.5) is 5.69 Å². The van der Waals surface area contributed by atoms with Crippen molar-refractivity contribution in [1.82, 2.24) is 5.32 Å². The second-order valence-corrected chi connectivity index (χ2v) is 5.67. The van der Waals surface area contributed by atoms with Crippen molar-refractivity contribution < 1.29 is 4.79 Å². The molecular formula is C15H18ClN3O. The number of benzene rings is 1. The molecule has 5 heteroatoms. The van der Waals surface area contributed by atoms with Gasteiger partial charge in [-0.2, -0.15) is 5.26 Å². The van der Waals surface area contributed by atoms with Gasteiger partial charge in [-0.05, 0) is 50.3 Å². The summed E-state index contributed by atoms with van der Waals surface area (Å²) in [7, 11) is 0. The SMILES string of the molecule is Cc1ccc(NCC(=O)NC2(C#N)CCCC2)cc1Cl. The van der Waals surface area contributed by atoms with Crippen LogP contribution in [-0.4, -0.2) is 18.0 Å². The van der Waals surface area contributed by atoms with Gasteiger partial charge in [-0.1, -0.05) is 17.7 Å². The van der Waals surface area contributed by atoms with Crippen LogP contribution in [0.15, 0.2) is 18.2 Å². The van der Waals surface area contributed by atoms with Gasteiger partial charge in [0.1, 0.15) is 5.54 Å². The van der Waals surface area contributed by atoms with Gasteiger partial charge in [-0.3, -0.25) is 4.79 Å². The lowest BCUT2D eigenvalue weighted by molar-refractivity contribution is -0.120. The summed E-state index contributed by atoms with van der Waals surface area (Å²) in [6, 6.07) is 7.81. The van der Waals surface area contributed by atoms with Crippen molar-refractivity contribution in [2.45, 2.75) is 38.1 Å². The van der Waals surface area contributed by atoms with Crippen molar-refractivity contribution in [3.05, 3.63) is 28.8 Å². The molecule has 0 aliphatic heterocycles. The third kappa shape index (κ3) is 3.43. The highest BCUT2D eigenvalue weighted by atomic mass is 35.5. The van der Waals surface area contributed by atoms with Crippen LogP contribution < -0.4 is 10.6 Å². The molecule has 1 aromatic carbocycles. The molecule has 0 bridgehead atoms. The molecule has 1 aliphatic carbocycles. The van der Waals surface area contributed by atoms with E-state index in [1.165, 1.54) is 0 Å². The Morgan fingerprint density at radius 1 is 1.45 bits per heavy atom. The Bertz CT molecular complexity index is 545. The zero-order chi connectivity index (χ0) is 14.6. The summed E-state index contributed by atoms with van der Waals surface area (Å²) >= 11 is 6.03. The number of carbonyl (C=O) groups excluding carboxylic acids is 1. The number of hydrogen-bond donors (Lipinski definition) is 2. The maximum atomic E-state index is 11.9. The molecule has 2 rings (SSSR count). The van der Waals surface area contributed by atoms with Gasteiger partial charge in [0, 0.05) is 10.7 Å². The van der Waals surface area contributed by atoms with Gasteiger partial charge >= 0.3 is 0 Å². The molecule has 1 saturated carbocycles. The summed E-state index contributed by atoms with van der Waals surface area (Å²) in [5, 5.41) is 15.7. The first kappa shape index (κ1) is 14.7. The molecule has 0 atom stereocenters. The van der Waals surface area contributed by atoms with Crippen LogP contribution in [0.25, 0.3) is 0 Å². The lowest BCUT2D eigenvalue weighted by Crippen LogP contribution is -2.47. The summed E-state index contributed by atoms with van der Waals surface area (Å²) < 4.78 is 0. The van der Waals surface area contributed by atoms with Gasteiger partial charge in [-0.15, -0.1) is 0 Å². The second kappa shape index (κ2) is 6.15. The Morgan fingerprint density at radius 3 is 2.75 bits per heavy atom. The van der Waals surface area contributed by atoms with E-state index in [0.29, 0.717) is 5.02 Å². The van der Waals surface area contributed by atoms with Gasteiger partial charge in [0.2, 0.25) is 5.91 Å². The fourth-order valence-corrected chi connectivity index (χ4v) is 2.62. The quantitative estimate of drug-likeness (QED) is 0.896. The fraction of sp³-hybridized carbons (Fsp3) is 0.467. The van der Waals surface area contributed by atoms with E-state index in [1.54, 1.807) is 6.07 Å². The Hall–Kier alpha value is -1.73. The van der Waals surface area contributed by atoms with Gasteiger partial charge in [0.25, 0.3) is 0 Å². The van der Waals surface area contributed by atoms with Gasteiger partial charge in [0.15, 0.2) is 0 Å². The molecule has 0 heterocycles. The molecule has 20 heavy (non-hydrogen) atoms. The Kier molecular flexibility index (Phi) is 4.51. The van der Waals surface area contributed by atoms with E-state index in [9.17, 15) is 10.1 Å². The standard InChI is InChI=1S/C15H18ClN3O/c1-11-4-5-12(8-13(11)16)18-9-14(20)19-15(10-17)6-2-3-7-15/h4-5,8,18H,2-3,6-7,9H2,1H3,(H,19,20). The topological polar surface area (TPSA) is 64.9 Å². The molecular weight excluding hydrogens is 274 g/mol. The van der Waals surface area contributed by atoms with Crippen molar-refractivity contribution in [3.8, 4) is 6.07 Å². The summed E-state index contributed by atoms with van der Waals surface area (Å²) in [6.07, 6.45) is 3.47. The van der Waals surface area contributed by atoms with Crippen molar-refractivity contribution in [1.29, 1.82) is 5.26 Å². The number of nitrogens with zero attached hydrogens (tertiary/aromatic N) is 1. The average molecular weight is 292 g/mol. The number of carbonyl (C=O) groups is 1. The third-order valence-electron chi connectivity index (χ3n) is 3.67. The molecule has 0 aromatic heterocycles. The monoisotopic (exact) mass is 291 g/mol. The summed E-state index contributed by atoms with van der Waals surface area (Å²) in [5.41, 5.74) is 1.13. The van der Waals surface area contributed by atoms with Crippen LogP contribution in [0.1, 0.15) is 31.2 Å². The van der Waals surface area contributed by atoms with E-state index in [2.05, 4.69) is 16.7 Å². The van der Waals surface area contributed by atoms with Crippen molar-refractivity contribution in [3.63, 3.8) is 0 Å². The third-order valence-corrected chi connectivity index (χ3v) is 4.08. The zero-order valence-corrected chi connectivity index (χ0v) is 12.3. The normalized spacial score (nSPS) is 16.4. The van der Waals surface area contributed by atoms with Crippen LogP contribution in [-0.2, 0) is 4.79 Å². The second-order valence-electron chi connectivity index (χ2n) is 5.27. The minimum atomic E-state index is -0.663. The van der Waals surface area contributed by atoms with E-state index < -0.39 is 5.54 Å². The van der Waals surface area contributed by atoms with E-state index in [-0.39, 0.29) is 12.5 Å².